The first kappa shape index (κ1) is 17.4. The summed E-state index contributed by atoms with van der Waals surface area (Å²) in [7, 11) is 0. The molecule has 0 aliphatic carbocycles. The molecule has 2 aliphatic heterocycles. The number of amides is 1. The second-order valence-corrected chi connectivity index (χ2v) is 7.44. The lowest BCUT2D eigenvalue weighted by molar-refractivity contribution is -0.114. The zero-order valence-electron chi connectivity index (χ0n) is 14.9. The number of halogens is 1. The lowest BCUT2D eigenvalue weighted by Gasteiger charge is -2.20. The van der Waals surface area contributed by atoms with Gasteiger partial charge >= 0.3 is 0 Å². The summed E-state index contributed by atoms with van der Waals surface area (Å²) in [5, 5.41) is 15.1. The van der Waals surface area contributed by atoms with Gasteiger partial charge in [0.15, 0.2) is 5.84 Å². The summed E-state index contributed by atoms with van der Waals surface area (Å²) in [5.41, 5.74) is 3.65. The number of nitrogens with one attached hydrogen (secondary N) is 1. The molecule has 1 aromatic heterocycles. The predicted molar refractivity (Wildman–Crippen MR) is 106 cm³/mol. The summed E-state index contributed by atoms with van der Waals surface area (Å²) in [6, 6.07) is 8.16. The summed E-state index contributed by atoms with van der Waals surface area (Å²) in [6.07, 6.45) is 1.67. The molecule has 0 bridgehead atoms. The standard InChI is InChI=1S/C19H16FN5OS/c1-10-8-13(11(2)24(10)15-6-4-14(20)5-7-15)9-16-17(21)25-19(22-18(16)26)27-12(3)23-25/h4-9,21H,1-3H3/b16-9+,21-17?. The number of carbonyl (C=O) groups is 1. The van der Waals surface area contributed by atoms with Crippen LogP contribution in [0.25, 0.3) is 11.8 Å². The lowest BCUT2D eigenvalue weighted by Crippen LogP contribution is -2.35. The topological polar surface area (TPSA) is 73.8 Å². The van der Waals surface area contributed by atoms with Crippen molar-refractivity contribution < 1.29 is 9.18 Å². The molecule has 27 heavy (non-hydrogen) atoms. The van der Waals surface area contributed by atoms with Gasteiger partial charge in [-0.25, -0.2) is 4.39 Å². The first-order chi connectivity index (χ1) is 12.8. The van der Waals surface area contributed by atoms with Gasteiger partial charge in [0.05, 0.1) is 10.6 Å². The number of hydrazone groups is 1. The molecule has 0 radical (unpaired) electrons. The van der Waals surface area contributed by atoms with Crippen LogP contribution in [-0.2, 0) is 4.79 Å². The van der Waals surface area contributed by atoms with Crippen molar-refractivity contribution in [1.82, 2.24) is 9.58 Å². The second kappa shape index (κ2) is 6.31. The van der Waals surface area contributed by atoms with Crippen molar-refractivity contribution in [2.45, 2.75) is 20.8 Å². The fourth-order valence-electron chi connectivity index (χ4n) is 3.16. The smallest absolute Gasteiger partial charge is 0.283 e. The molecule has 0 atom stereocenters. The third-order valence-electron chi connectivity index (χ3n) is 4.41. The Morgan fingerprint density at radius 2 is 1.89 bits per heavy atom. The Bertz CT molecular complexity index is 1080. The van der Waals surface area contributed by atoms with E-state index in [1.807, 2.05) is 31.4 Å². The highest BCUT2D eigenvalue weighted by molar-refractivity contribution is 8.26. The number of aromatic nitrogens is 1. The largest absolute Gasteiger partial charge is 0.318 e. The molecular weight excluding hydrogens is 365 g/mol. The van der Waals surface area contributed by atoms with Crippen LogP contribution in [0.4, 0.5) is 4.39 Å². The quantitative estimate of drug-likeness (QED) is 0.803. The summed E-state index contributed by atoms with van der Waals surface area (Å²) < 4.78 is 15.2. The number of hydrogen-bond donors (Lipinski definition) is 1. The third-order valence-corrected chi connectivity index (χ3v) is 5.23. The number of aryl methyl sites for hydroxylation is 1. The van der Waals surface area contributed by atoms with E-state index in [0.29, 0.717) is 5.17 Å². The summed E-state index contributed by atoms with van der Waals surface area (Å²) in [6.45, 7) is 5.67. The Morgan fingerprint density at radius 3 is 2.59 bits per heavy atom. The first-order valence-electron chi connectivity index (χ1n) is 8.27. The van der Waals surface area contributed by atoms with Crippen molar-refractivity contribution in [3.8, 4) is 5.69 Å². The van der Waals surface area contributed by atoms with Crippen molar-refractivity contribution in [3.05, 3.63) is 58.7 Å². The number of rotatable bonds is 2. The average molecular weight is 381 g/mol. The number of aliphatic imine (C=N–C) groups is 1. The number of benzene rings is 1. The second-order valence-electron chi connectivity index (χ2n) is 6.28. The van der Waals surface area contributed by atoms with Gasteiger partial charge in [-0.2, -0.15) is 15.1 Å². The van der Waals surface area contributed by atoms with E-state index < -0.39 is 5.91 Å². The van der Waals surface area contributed by atoms with Crippen molar-refractivity contribution in [1.29, 1.82) is 5.41 Å². The van der Waals surface area contributed by atoms with Gasteiger partial charge in [-0.1, -0.05) is 0 Å². The minimum atomic E-state index is -0.449. The van der Waals surface area contributed by atoms with Gasteiger partial charge in [0, 0.05) is 17.1 Å². The molecule has 2 aromatic rings. The van der Waals surface area contributed by atoms with Crippen LogP contribution >= 0.6 is 11.8 Å². The van der Waals surface area contributed by atoms with Crippen LogP contribution in [0.3, 0.4) is 0 Å². The lowest BCUT2D eigenvalue weighted by atomic mass is 10.1. The van der Waals surface area contributed by atoms with E-state index in [2.05, 4.69) is 10.1 Å². The van der Waals surface area contributed by atoms with E-state index >= 15 is 0 Å². The molecule has 4 rings (SSSR count). The SMILES string of the molecule is CC1=NN2C(=N)/C(=C\c3cc(C)n(-c4ccc(F)cc4)c3C)C(=O)N=C2S1. The van der Waals surface area contributed by atoms with Crippen LogP contribution in [0.15, 0.2) is 46.0 Å². The first-order valence-corrected chi connectivity index (χ1v) is 9.08. The zero-order valence-corrected chi connectivity index (χ0v) is 15.8. The van der Waals surface area contributed by atoms with E-state index in [1.165, 1.54) is 28.9 Å². The maximum absolute atomic E-state index is 13.2. The molecule has 8 heteroatoms. The van der Waals surface area contributed by atoms with E-state index in [9.17, 15) is 9.18 Å². The van der Waals surface area contributed by atoms with Gasteiger partial charge in [-0.15, -0.1) is 0 Å². The molecule has 6 nitrogen and oxygen atoms in total. The zero-order chi connectivity index (χ0) is 19.3. The summed E-state index contributed by atoms with van der Waals surface area (Å²) in [4.78, 5) is 16.5. The van der Waals surface area contributed by atoms with Crippen molar-refractivity contribution in [2.75, 3.05) is 0 Å². The molecule has 2 aliphatic rings. The maximum atomic E-state index is 13.2. The van der Waals surface area contributed by atoms with E-state index in [0.717, 1.165) is 27.7 Å². The highest BCUT2D eigenvalue weighted by Gasteiger charge is 2.34. The maximum Gasteiger partial charge on any atom is 0.283 e. The molecule has 1 amide bonds. The molecule has 0 saturated heterocycles. The van der Waals surface area contributed by atoms with Gasteiger partial charge < -0.3 is 4.57 Å². The number of hydrogen-bond acceptors (Lipinski definition) is 4. The van der Waals surface area contributed by atoms with Crippen molar-refractivity contribution in [3.63, 3.8) is 0 Å². The van der Waals surface area contributed by atoms with E-state index in [-0.39, 0.29) is 17.2 Å². The molecule has 1 N–H and O–H groups in total. The fourth-order valence-corrected chi connectivity index (χ4v) is 3.90. The number of nitrogens with zero attached hydrogens (tertiary/aromatic N) is 4. The monoisotopic (exact) mass is 381 g/mol. The van der Waals surface area contributed by atoms with Crippen LogP contribution in [0.5, 0.6) is 0 Å². The number of fused-ring (bicyclic) bond motifs is 1. The van der Waals surface area contributed by atoms with E-state index in [1.54, 1.807) is 18.2 Å². The molecule has 3 heterocycles. The molecule has 0 saturated carbocycles. The Hall–Kier alpha value is -3.00. The van der Waals surface area contributed by atoms with Crippen LogP contribution < -0.4 is 0 Å². The highest BCUT2D eigenvalue weighted by Crippen LogP contribution is 2.29. The average Bonchev–Trinajstić information content (AvgIpc) is 3.12. The normalized spacial score (nSPS) is 18.1. The van der Waals surface area contributed by atoms with Gasteiger partial charge in [0.25, 0.3) is 5.91 Å². The third kappa shape index (κ3) is 2.91. The minimum Gasteiger partial charge on any atom is -0.318 e. The number of thioether (sulfide) groups is 1. The molecule has 1 aromatic carbocycles. The van der Waals surface area contributed by atoms with Gasteiger partial charge in [-0.3, -0.25) is 10.2 Å². The summed E-state index contributed by atoms with van der Waals surface area (Å²) in [5.74, 6) is -0.728. The van der Waals surface area contributed by atoms with Gasteiger partial charge in [0.2, 0.25) is 5.17 Å². The van der Waals surface area contributed by atoms with Crippen LogP contribution in [0.2, 0.25) is 0 Å². The molecule has 136 valence electrons. The van der Waals surface area contributed by atoms with Crippen LogP contribution in [0, 0.1) is 25.1 Å². The van der Waals surface area contributed by atoms with Crippen molar-refractivity contribution in [2.24, 2.45) is 10.1 Å². The summed E-state index contributed by atoms with van der Waals surface area (Å²) >= 11 is 1.28. The number of amidine groups is 2. The molecule has 0 spiro atoms. The fraction of sp³-hybridized carbons (Fsp3) is 0.158. The molecule has 0 fully saturated rings. The Kier molecular flexibility index (Phi) is 4.07. The number of carbonyl (C=O) groups excluding carboxylic acids is 1. The van der Waals surface area contributed by atoms with Gasteiger partial charge in [0.1, 0.15) is 5.82 Å². The Balaban J connectivity index is 1.77. The Labute approximate surface area is 159 Å². The highest BCUT2D eigenvalue weighted by atomic mass is 32.2. The molecular formula is C19H16FN5OS. The Morgan fingerprint density at radius 1 is 1.19 bits per heavy atom. The minimum absolute atomic E-state index is 0.0148. The van der Waals surface area contributed by atoms with E-state index in [4.69, 9.17) is 5.41 Å². The van der Waals surface area contributed by atoms with Crippen LogP contribution in [0.1, 0.15) is 23.9 Å². The predicted octanol–water partition coefficient (Wildman–Crippen LogP) is 3.87. The van der Waals surface area contributed by atoms with Gasteiger partial charge in [-0.05, 0) is 74.5 Å². The van der Waals surface area contributed by atoms with Crippen LogP contribution in [-0.4, -0.2) is 31.5 Å². The molecule has 0 unspecified atom stereocenters. The van der Waals surface area contributed by atoms with Crippen molar-refractivity contribution >= 4 is 39.8 Å².